The van der Waals surface area contributed by atoms with Gasteiger partial charge in [0.25, 0.3) is 0 Å². The van der Waals surface area contributed by atoms with Crippen LogP contribution in [0.3, 0.4) is 0 Å². The van der Waals surface area contributed by atoms with Gasteiger partial charge >= 0.3 is 0 Å². The minimum Gasteiger partial charge on any atom is -0.298 e. The molecule has 0 unspecified atom stereocenters. The summed E-state index contributed by atoms with van der Waals surface area (Å²) in [6, 6.07) is 0. The molecule has 1 aliphatic heterocycles. The van der Waals surface area contributed by atoms with Crippen molar-refractivity contribution in [2.75, 3.05) is 13.1 Å². The molecule has 0 amide bonds. The summed E-state index contributed by atoms with van der Waals surface area (Å²) in [7, 11) is 0. The number of nitrogens with zero attached hydrogens (tertiary/aromatic N) is 1. The van der Waals surface area contributed by atoms with Crippen molar-refractivity contribution in [2.45, 2.75) is 53.5 Å². The van der Waals surface area contributed by atoms with Crippen molar-refractivity contribution in [3.8, 4) is 0 Å². The topological polar surface area (TPSA) is 3.24 Å². The second kappa shape index (κ2) is 3.27. The van der Waals surface area contributed by atoms with Crippen molar-refractivity contribution in [3.63, 3.8) is 0 Å². The van der Waals surface area contributed by atoms with E-state index in [-0.39, 0.29) is 0 Å². The van der Waals surface area contributed by atoms with E-state index in [4.69, 9.17) is 0 Å². The SMILES string of the molecule is C[C@@H]1CCN(C(C)(C)C)CC1(C)C. The van der Waals surface area contributed by atoms with Gasteiger partial charge in [-0.1, -0.05) is 20.8 Å². The largest absolute Gasteiger partial charge is 0.298 e. The van der Waals surface area contributed by atoms with Gasteiger partial charge in [0.1, 0.15) is 0 Å². The van der Waals surface area contributed by atoms with E-state index in [9.17, 15) is 0 Å². The Kier molecular flexibility index (Phi) is 2.78. The summed E-state index contributed by atoms with van der Waals surface area (Å²) in [6.45, 7) is 16.7. The Morgan fingerprint density at radius 2 is 1.77 bits per heavy atom. The predicted molar refractivity (Wildman–Crippen MR) is 58.9 cm³/mol. The Labute approximate surface area is 83.5 Å². The van der Waals surface area contributed by atoms with E-state index in [0.717, 1.165) is 5.92 Å². The first-order valence-corrected chi connectivity index (χ1v) is 5.48. The van der Waals surface area contributed by atoms with Crippen LogP contribution in [0.2, 0.25) is 0 Å². The lowest BCUT2D eigenvalue weighted by Gasteiger charge is -2.48. The van der Waals surface area contributed by atoms with Crippen LogP contribution in [0.25, 0.3) is 0 Å². The molecule has 0 aromatic rings. The number of likely N-dealkylation sites (tertiary alicyclic amines) is 1. The molecule has 78 valence electrons. The first-order chi connectivity index (χ1) is 5.73. The lowest BCUT2D eigenvalue weighted by atomic mass is 9.74. The summed E-state index contributed by atoms with van der Waals surface area (Å²) in [6.07, 6.45) is 1.35. The molecular weight excluding hydrogens is 158 g/mol. The average molecular weight is 183 g/mol. The zero-order chi connectivity index (χ0) is 10.3. The molecule has 1 atom stereocenters. The van der Waals surface area contributed by atoms with Crippen molar-refractivity contribution in [1.29, 1.82) is 0 Å². The molecule has 1 saturated heterocycles. The molecule has 0 saturated carbocycles. The van der Waals surface area contributed by atoms with E-state index in [2.05, 4.69) is 46.4 Å². The molecule has 1 heterocycles. The molecule has 1 heteroatoms. The smallest absolute Gasteiger partial charge is 0.0125 e. The van der Waals surface area contributed by atoms with E-state index in [1.54, 1.807) is 0 Å². The maximum atomic E-state index is 2.62. The standard InChI is InChI=1S/C12H25N/c1-10-7-8-13(11(2,3)4)9-12(10,5)6/h10H,7-9H2,1-6H3/t10-/m1/s1. The van der Waals surface area contributed by atoms with Gasteiger partial charge in [0.2, 0.25) is 0 Å². The second-order valence-electron chi connectivity index (χ2n) is 6.27. The van der Waals surface area contributed by atoms with Gasteiger partial charge in [0.05, 0.1) is 0 Å². The third-order valence-electron chi connectivity index (χ3n) is 3.71. The molecule has 1 rings (SSSR count). The lowest BCUT2D eigenvalue weighted by Crippen LogP contribution is -2.52. The van der Waals surface area contributed by atoms with Crippen LogP contribution in [-0.2, 0) is 0 Å². The van der Waals surface area contributed by atoms with E-state index in [1.165, 1.54) is 19.5 Å². The van der Waals surface area contributed by atoms with E-state index in [0.29, 0.717) is 11.0 Å². The van der Waals surface area contributed by atoms with Crippen LogP contribution in [0.4, 0.5) is 0 Å². The predicted octanol–water partition coefficient (Wildman–Crippen LogP) is 3.15. The molecule has 1 nitrogen and oxygen atoms in total. The number of hydrogen-bond acceptors (Lipinski definition) is 1. The van der Waals surface area contributed by atoms with Crippen LogP contribution < -0.4 is 0 Å². The van der Waals surface area contributed by atoms with Crippen LogP contribution in [0.5, 0.6) is 0 Å². The Morgan fingerprint density at radius 1 is 1.23 bits per heavy atom. The average Bonchev–Trinajstić information content (AvgIpc) is 1.92. The van der Waals surface area contributed by atoms with Crippen molar-refractivity contribution < 1.29 is 0 Å². The maximum absolute atomic E-state index is 2.62. The lowest BCUT2D eigenvalue weighted by molar-refractivity contribution is 0.00899. The van der Waals surface area contributed by atoms with Gasteiger partial charge in [0.15, 0.2) is 0 Å². The van der Waals surface area contributed by atoms with Crippen LogP contribution in [-0.4, -0.2) is 23.5 Å². The van der Waals surface area contributed by atoms with Gasteiger partial charge < -0.3 is 0 Å². The summed E-state index contributed by atoms with van der Waals surface area (Å²) < 4.78 is 0. The monoisotopic (exact) mass is 183 g/mol. The third kappa shape index (κ3) is 2.46. The number of piperidine rings is 1. The highest BCUT2D eigenvalue weighted by molar-refractivity contribution is 4.89. The van der Waals surface area contributed by atoms with Crippen LogP contribution in [0.15, 0.2) is 0 Å². The Morgan fingerprint density at radius 3 is 2.15 bits per heavy atom. The van der Waals surface area contributed by atoms with E-state index >= 15 is 0 Å². The fraction of sp³-hybridized carbons (Fsp3) is 1.00. The molecule has 1 fully saturated rings. The molecule has 0 radical (unpaired) electrons. The van der Waals surface area contributed by atoms with Gasteiger partial charge in [0, 0.05) is 12.1 Å². The zero-order valence-corrected chi connectivity index (χ0v) is 10.1. The van der Waals surface area contributed by atoms with Gasteiger partial charge in [-0.25, -0.2) is 0 Å². The Bertz CT molecular complexity index is 176. The van der Waals surface area contributed by atoms with Crippen LogP contribution in [0.1, 0.15) is 48.0 Å². The molecule has 0 bridgehead atoms. The summed E-state index contributed by atoms with van der Waals surface area (Å²) in [5.74, 6) is 0.867. The van der Waals surface area contributed by atoms with Crippen molar-refractivity contribution in [3.05, 3.63) is 0 Å². The summed E-state index contributed by atoms with van der Waals surface area (Å²) in [5, 5.41) is 0. The number of hydrogen-bond donors (Lipinski definition) is 0. The van der Waals surface area contributed by atoms with Gasteiger partial charge in [-0.05, 0) is 45.1 Å². The maximum Gasteiger partial charge on any atom is 0.0125 e. The summed E-state index contributed by atoms with van der Waals surface area (Å²) >= 11 is 0. The highest BCUT2D eigenvalue weighted by Crippen LogP contribution is 2.36. The van der Waals surface area contributed by atoms with E-state index in [1.807, 2.05) is 0 Å². The van der Waals surface area contributed by atoms with Gasteiger partial charge in [-0.3, -0.25) is 4.90 Å². The second-order valence-corrected chi connectivity index (χ2v) is 6.27. The molecule has 0 N–H and O–H groups in total. The van der Waals surface area contributed by atoms with E-state index < -0.39 is 0 Å². The summed E-state index contributed by atoms with van der Waals surface area (Å²) in [5.41, 5.74) is 0.836. The number of rotatable bonds is 0. The minimum atomic E-state index is 0.345. The van der Waals surface area contributed by atoms with Gasteiger partial charge in [-0.2, -0.15) is 0 Å². The summed E-state index contributed by atoms with van der Waals surface area (Å²) in [4.78, 5) is 2.62. The molecule has 0 aromatic heterocycles. The molecular formula is C12H25N. The third-order valence-corrected chi connectivity index (χ3v) is 3.71. The Balaban J connectivity index is 2.66. The molecule has 0 spiro atoms. The van der Waals surface area contributed by atoms with Crippen LogP contribution >= 0.6 is 0 Å². The molecule has 0 aliphatic carbocycles. The van der Waals surface area contributed by atoms with Crippen molar-refractivity contribution >= 4 is 0 Å². The van der Waals surface area contributed by atoms with Crippen molar-refractivity contribution in [2.24, 2.45) is 11.3 Å². The highest BCUT2D eigenvalue weighted by atomic mass is 15.2. The van der Waals surface area contributed by atoms with Gasteiger partial charge in [-0.15, -0.1) is 0 Å². The molecule has 1 aliphatic rings. The Hall–Kier alpha value is -0.0400. The molecule has 13 heavy (non-hydrogen) atoms. The quantitative estimate of drug-likeness (QED) is 0.557. The zero-order valence-electron chi connectivity index (χ0n) is 10.1. The highest BCUT2D eigenvalue weighted by Gasteiger charge is 2.36. The minimum absolute atomic E-state index is 0.345. The first kappa shape index (κ1) is 11.0. The normalized spacial score (nSPS) is 30.5. The van der Waals surface area contributed by atoms with Crippen LogP contribution in [0, 0.1) is 11.3 Å². The fourth-order valence-corrected chi connectivity index (χ4v) is 2.04. The van der Waals surface area contributed by atoms with Crippen molar-refractivity contribution in [1.82, 2.24) is 4.90 Å². The fourth-order valence-electron chi connectivity index (χ4n) is 2.04. The molecule has 0 aromatic carbocycles. The first-order valence-electron chi connectivity index (χ1n) is 5.48.